The highest BCUT2D eigenvalue weighted by atomic mass is 35.5. The van der Waals surface area contributed by atoms with Gasteiger partial charge in [0.05, 0.1) is 11.1 Å². The topological polar surface area (TPSA) is 54.5 Å². The minimum absolute atomic E-state index is 0.515. The molecule has 3 rings (SSSR count). The van der Waals surface area contributed by atoms with E-state index in [-0.39, 0.29) is 0 Å². The summed E-state index contributed by atoms with van der Waals surface area (Å²) >= 11 is 6.00. The molecule has 0 saturated heterocycles. The molecule has 2 heterocycles. The Balaban J connectivity index is 2.13. The Kier molecular flexibility index (Phi) is 3.85. The molecule has 5 heteroatoms. The number of fused-ring (bicyclic) bond motifs is 1. The predicted molar refractivity (Wildman–Crippen MR) is 82.8 cm³/mol. The number of nitriles is 1. The molecule has 0 aliphatic heterocycles. The largest absolute Gasteiger partial charge is 0.309 e. The van der Waals surface area contributed by atoms with Gasteiger partial charge in [-0.1, -0.05) is 41.9 Å². The van der Waals surface area contributed by atoms with Crippen LogP contribution < -0.4 is 0 Å². The molecule has 0 N–H and O–H groups in total. The molecule has 21 heavy (non-hydrogen) atoms. The minimum atomic E-state index is 0.515. The maximum absolute atomic E-state index is 8.72. The first-order valence-corrected chi connectivity index (χ1v) is 7.11. The molecule has 0 fully saturated rings. The van der Waals surface area contributed by atoms with Crippen molar-refractivity contribution in [2.75, 3.05) is 0 Å². The number of unbranched alkanes of at least 4 members (excludes halogenated alkanes) is 1. The lowest BCUT2D eigenvalue weighted by Crippen LogP contribution is -2.01. The van der Waals surface area contributed by atoms with E-state index in [0.717, 1.165) is 29.0 Å². The van der Waals surface area contributed by atoms with Crippen LogP contribution in [0.15, 0.2) is 42.6 Å². The van der Waals surface area contributed by atoms with Gasteiger partial charge in [0.2, 0.25) is 0 Å². The van der Waals surface area contributed by atoms with Crippen LogP contribution in [-0.4, -0.2) is 14.5 Å². The highest BCUT2D eigenvalue weighted by molar-refractivity contribution is 6.31. The second kappa shape index (κ2) is 5.94. The summed E-state index contributed by atoms with van der Waals surface area (Å²) in [5.74, 6) is 0.860. The summed E-state index contributed by atoms with van der Waals surface area (Å²) in [7, 11) is 0. The Morgan fingerprint density at radius 1 is 1.24 bits per heavy atom. The van der Waals surface area contributed by atoms with E-state index in [1.807, 2.05) is 36.4 Å². The highest BCUT2D eigenvalue weighted by Crippen LogP contribution is 2.25. The van der Waals surface area contributed by atoms with Gasteiger partial charge in [-0.25, -0.2) is 9.97 Å². The second-order valence-corrected chi connectivity index (χ2v) is 5.15. The Labute approximate surface area is 127 Å². The molecule has 2 aromatic heterocycles. The maximum atomic E-state index is 8.72. The molecular formula is C16H13ClN4. The van der Waals surface area contributed by atoms with E-state index in [9.17, 15) is 0 Å². The van der Waals surface area contributed by atoms with Gasteiger partial charge in [0.25, 0.3) is 0 Å². The van der Waals surface area contributed by atoms with Crippen LogP contribution in [0.25, 0.3) is 22.6 Å². The first kappa shape index (κ1) is 13.6. The van der Waals surface area contributed by atoms with E-state index in [4.69, 9.17) is 16.9 Å². The van der Waals surface area contributed by atoms with Crippen molar-refractivity contribution in [3.05, 3.63) is 47.6 Å². The lowest BCUT2D eigenvalue weighted by atomic mass is 10.2. The Morgan fingerprint density at radius 3 is 2.81 bits per heavy atom. The zero-order valence-electron chi connectivity index (χ0n) is 11.3. The number of imidazole rings is 1. The number of nitrogens with zero attached hydrogens (tertiary/aromatic N) is 4. The zero-order valence-corrected chi connectivity index (χ0v) is 12.1. The number of aryl methyl sites for hydroxylation is 1. The summed E-state index contributed by atoms with van der Waals surface area (Å²) in [6, 6.07) is 14.0. The Morgan fingerprint density at radius 2 is 2.05 bits per heavy atom. The van der Waals surface area contributed by atoms with Gasteiger partial charge in [-0.05, 0) is 12.5 Å². The summed E-state index contributed by atoms with van der Waals surface area (Å²) in [6.07, 6.45) is 2.91. The van der Waals surface area contributed by atoms with Crippen LogP contribution in [0, 0.1) is 11.3 Å². The summed E-state index contributed by atoms with van der Waals surface area (Å²) in [5.41, 5.74) is 2.61. The molecule has 104 valence electrons. The summed E-state index contributed by atoms with van der Waals surface area (Å²) in [6.45, 7) is 0.711. The van der Waals surface area contributed by atoms with E-state index < -0.39 is 0 Å². The van der Waals surface area contributed by atoms with Gasteiger partial charge in [0.15, 0.2) is 5.65 Å². The van der Waals surface area contributed by atoms with Crippen molar-refractivity contribution in [3.63, 3.8) is 0 Å². The summed E-state index contributed by atoms with van der Waals surface area (Å²) in [4.78, 5) is 9.05. The molecule has 3 aromatic rings. The van der Waals surface area contributed by atoms with Crippen LogP contribution in [0.1, 0.15) is 12.8 Å². The zero-order chi connectivity index (χ0) is 14.7. The quantitative estimate of drug-likeness (QED) is 0.682. The second-order valence-electron chi connectivity index (χ2n) is 4.71. The molecule has 0 unspecified atom stereocenters. The third-order valence-electron chi connectivity index (χ3n) is 3.25. The van der Waals surface area contributed by atoms with Crippen molar-refractivity contribution in [2.24, 2.45) is 0 Å². The predicted octanol–water partition coefficient (Wildman–Crippen LogP) is 4.06. The smallest absolute Gasteiger partial charge is 0.160 e. The first-order chi connectivity index (χ1) is 10.3. The van der Waals surface area contributed by atoms with Gasteiger partial charge in [0, 0.05) is 24.7 Å². The maximum Gasteiger partial charge on any atom is 0.160 e. The number of pyridine rings is 1. The molecule has 1 aromatic carbocycles. The molecule has 0 saturated carbocycles. The first-order valence-electron chi connectivity index (χ1n) is 6.74. The fourth-order valence-electron chi connectivity index (χ4n) is 2.32. The van der Waals surface area contributed by atoms with Gasteiger partial charge >= 0.3 is 0 Å². The SMILES string of the molecule is N#CCCCn1c(-c2ccccc2)nc2cc(Cl)cnc21. The average molecular weight is 297 g/mol. The van der Waals surface area contributed by atoms with E-state index in [1.54, 1.807) is 6.20 Å². The summed E-state index contributed by atoms with van der Waals surface area (Å²) < 4.78 is 2.05. The Bertz CT molecular complexity index is 802. The van der Waals surface area contributed by atoms with E-state index in [2.05, 4.69) is 20.6 Å². The third kappa shape index (κ3) is 2.74. The summed E-state index contributed by atoms with van der Waals surface area (Å²) in [5, 5.41) is 9.30. The molecular weight excluding hydrogens is 284 g/mol. The average Bonchev–Trinajstić information content (AvgIpc) is 2.86. The van der Waals surface area contributed by atoms with Crippen molar-refractivity contribution in [2.45, 2.75) is 19.4 Å². The molecule has 0 amide bonds. The molecule has 0 atom stereocenters. The van der Waals surface area contributed by atoms with Crippen molar-refractivity contribution in [1.82, 2.24) is 14.5 Å². The highest BCUT2D eigenvalue weighted by Gasteiger charge is 2.13. The van der Waals surface area contributed by atoms with E-state index >= 15 is 0 Å². The molecule has 0 radical (unpaired) electrons. The lowest BCUT2D eigenvalue weighted by Gasteiger charge is -2.07. The van der Waals surface area contributed by atoms with Crippen molar-refractivity contribution in [3.8, 4) is 17.5 Å². The number of rotatable bonds is 4. The van der Waals surface area contributed by atoms with Crippen molar-refractivity contribution in [1.29, 1.82) is 5.26 Å². The van der Waals surface area contributed by atoms with Crippen LogP contribution >= 0.6 is 11.6 Å². The molecule has 4 nitrogen and oxygen atoms in total. The van der Waals surface area contributed by atoms with Crippen LogP contribution in [0.4, 0.5) is 0 Å². The number of hydrogen-bond donors (Lipinski definition) is 0. The molecule has 0 aliphatic carbocycles. The molecule has 0 spiro atoms. The fourth-order valence-corrected chi connectivity index (χ4v) is 2.47. The normalized spacial score (nSPS) is 10.7. The number of halogens is 1. The van der Waals surface area contributed by atoms with Gasteiger partial charge in [-0.3, -0.25) is 0 Å². The molecule has 0 aliphatic rings. The third-order valence-corrected chi connectivity index (χ3v) is 3.46. The van der Waals surface area contributed by atoms with Crippen molar-refractivity contribution >= 4 is 22.8 Å². The van der Waals surface area contributed by atoms with Gasteiger partial charge in [-0.15, -0.1) is 0 Å². The van der Waals surface area contributed by atoms with Crippen LogP contribution in [0.3, 0.4) is 0 Å². The lowest BCUT2D eigenvalue weighted by molar-refractivity contribution is 0.670. The van der Waals surface area contributed by atoms with Gasteiger partial charge in [0.1, 0.15) is 11.3 Å². The monoisotopic (exact) mass is 296 g/mol. The molecule has 0 bridgehead atoms. The number of benzene rings is 1. The standard InChI is InChI=1S/C16H13ClN4/c17-13-10-14-16(19-11-13)21(9-5-4-8-18)15(20-14)12-6-2-1-3-7-12/h1-3,6-7,10-11H,4-5,9H2. The van der Waals surface area contributed by atoms with Crippen LogP contribution in [0.2, 0.25) is 5.02 Å². The number of aromatic nitrogens is 3. The Hall–Kier alpha value is -2.38. The van der Waals surface area contributed by atoms with E-state index in [0.29, 0.717) is 18.0 Å². The van der Waals surface area contributed by atoms with Crippen LogP contribution in [-0.2, 0) is 6.54 Å². The minimum Gasteiger partial charge on any atom is -0.309 e. The van der Waals surface area contributed by atoms with Gasteiger partial charge in [-0.2, -0.15) is 5.26 Å². The van der Waals surface area contributed by atoms with Crippen molar-refractivity contribution < 1.29 is 0 Å². The number of hydrogen-bond acceptors (Lipinski definition) is 3. The van der Waals surface area contributed by atoms with E-state index in [1.165, 1.54) is 0 Å². The fraction of sp³-hybridized carbons (Fsp3) is 0.188. The van der Waals surface area contributed by atoms with Crippen LogP contribution in [0.5, 0.6) is 0 Å². The van der Waals surface area contributed by atoms with Gasteiger partial charge < -0.3 is 4.57 Å².